The fraction of sp³-hybridized carbons (Fsp3) is 0.286. The Kier molecular flexibility index (Phi) is 11.1. The van der Waals surface area contributed by atoms with Gasteiger partial charge in [-0.3, -0.25) is 13.9 Å². The maximum absolute atomic E-state index is 13.9. The quantitative estimate of drug-likeness (QED) is 0.274. The molecule has 0 saturated carbocycles. The summed E-state index contributed by atoms with van der Waals surface area (Å²) in [4.78, 5) is 27.9. The molecule has 0 aliphatic rings. The highest BCUT2D eigenvalue weighted by molar-refractivity contribution is 7.92. The van der Waals surface area contributed by atoms with Gasteiger partial charge in [0.25, 0.3) is 10.0 Å². The second kappa shape index (κ2) is 14.1. The zero-order chi connectivity index (χ0) is 29.4. The predicted molar refractivity (Wildman–Crippen MR) is 159 cm³/mol. The van der Waals surface area contributed by atoms with E-state index in [2.05, 4.69) is 5.32 Å². The fourth-order valence-electron chi connectivity index (χ4n) is 3.90. The number of carbonyl (C=O) groups excluding carboxylic acids is 2. The van der Waals surface area contributed by atoms with E-state index in [0.29, 0.717) is 39.5 Å². The van der Waals surface area contributed by atoms with Gasteiger partial charge in [0.1, 0.15) is 18.3 Å². The van der Waals surface area contributed by atoms with Crippen molar-refractivity contribution in [2.75, 3.05) is 24.0 Å². The average Bonchev–Trinajstić information content (AvgIpc) is 2.92. The second-order valence-corrected chi connectivity index (χ2v) is 11.8. The Morgan fingerprint density at radius 1 is 0.925 bits per heavy atom. The summed E-state index contributed by atoms with van der Waals surface area (Å²) in [6, 6.07) is 15.9. The summed E-state index contributed by atoms with van der Waals surface area (Å²) in [7, 11) is -4.24. The molecule has 0 bridgehead atoms. The number of anilines is 1. The number of nitrogens with zero attached hydrogens (tertiary/aromatic N) is 2. The van der Waals surface area contributed by atoms with Crippen LogP contribution in [0, 0.1) is 0 Å². The minimum absolute atomic E-state index is 0.0592. The zero-order valence-corrected chi connectivity index (χ0v) is 25.3. The van der Waals surface area contributed by atoms with Gasteiger partial charge in [-0.1, -0.05) is 40.9 Å². The van der Waals surface area contributed by atoms with E-state index in [1.54, 1.807) is 56.3 Å². The Bertz CT molecular complexity index is 1410. The van der Waals surface area contributed by atoms with Gasteiger partial charge in [-0.25, -0.2) is 8.42 Å². The molecular weight excluding hydrogens is 597 g/mol. The zero-order valence-electron chi connectivity index (χ0n) is 22.2. The van der Waals surface area contributed by atoms with Gasteiger partial charge in [0.2, 0.25) is 11.8 Å². The number of carbonyl (C=O) groups is 2. The van der Waals surface area contributed by atoms with Crippen LogP contribution in [0.3, 0.4) is 0 Å². The molecule has 0 fully saturated rings. The molecule has 0 aliphatic heterocycles. The van der Waals surface area contributed by atoms with Gasteiger partial charge in [0, 0.05) is 33.7 Å². The SMILES string of the molecule is CCNC(=O)C(C)N(Cc1c(Cl)cccc1Cl)C(=O)CN(c1ccc(OCC)cc1)S(=O)(=O)c1ccc(Cl)cc1. The number of sulfonamides is 1. The van der Waals surface area contributed by atoms with Gasteiger partial charge in [-0.05, 0) is 81.4 Å². The first-order valence-corrected chi connectivity index (χ1v) is 15.1. The van der Waals surface area contributed by atoms with Crippen LogP contribution in [0.1, 0.15) is 26.3 Å². The number of likely N-dealkylation sites (N-methyl/N-ethyl adjacent to an activating group) is 1. The number of rotatable bonds is 12. The van der Waals surface area contributed by atoms with Crippen LogP contribution in [-0.2, 0) is 26.2 Å². The van der Waals surface area contributed by atoms with Crippen molar-refractivity contribution in [3.05, 3.63) is 87.4 Å². The fourth-order valence-corrected chi connectivity index (χ4v) is 5.95. The molecular formula is C28H30Cl3N3O5S. The Morgan fingerprint density at radius 2 is 1.52 bits per heavy atom. The van der Waals surface area contributed by atoms with Crippen molar-refractivity contribution in [3.63, 3.8) is 0 Å². The Balaban J connectivity index is 2.06. The van der Waals surface area contributed by atoms with E-state index in [1.165, 1.54) is 29.2 Å². The minimum Gasteiger partial charge on any atom is -0.494 e. The summed E-state index contributed by atoms with van der Waals surface area (Å²) in [6.45, 7) is 5.21. The summed E-state index contributed by atoms with van der Waals surface area (Å²) < 4.78 is 34.2. The van der Waals surface area contributed by atoms with Gasteiger partial charge >= 0.3 is 0 Å². The topological polar surface area (TPSA) is 96.0 Å². The third kappa shape index (κ3) is 7.60. The van der Waals surface area contributed by atoms with Crippen LogP contribution < -0.4 is 14.4 Å². The standard InChI is InChI=1S/C28H30Cl3N3O5S/c1-4-32-28(36)19(3)33(17-24-25(30)7-6-8-26(24)31)27(35)18-34(21-11-13-22(14-12-21)39-5-2)40(37,38)23-15-9-20(29)10-16-23/h6-16,19H,4-5,17-18H2,1-3H3,(H,32,36). The lowest BCUT2D eigenvalue weighted by Crippen LogP contribution is -2.51. The van der Waals surface area contributed by atoms with Crippen molar-refractivity contribution in [1.29, 1.82) is 0 Å². The maximum Gasteiger partial charge on any atom is 0.264 e. The van der Waals surface area contributed by atoms with Gasteiger partial charge < -0.3 is 15.0 Å². The van der Waals surface area contributed by atoms with Gasteiger partial charge in [0.05, 0.1) is 17.2 Å². The van der Waals surface area contributed by atoms with Crippen molar-refractivity contribution in [3.8, 4) is 5.75 Å². The minimum atomic E-state index is -4.24. The van der Waals surface area contributed by atoms with Gasteiger partial charge in [0.15, 0.2) is 0 Å². The number of hydrogen-bond donors (Lipinski definition) is 1. The summed E-state index contributed by atoms with van der Waals surface area (Å²) in [5.74, 6) is -0.505. The molecule has 1 N–H and O–H groups in total. The molecule has 3 aromatic carbocycles. The maximum atomic E-state index is 13.9. The summed E-state index contributed by atoms with van der Waals surface area (Å²) in [5.41, 5.74) is 0.664. The van der Waals surface area contributed by atoms with Crippen LogP contribution in [0.4, 0.5) is 5.69 Å². The van der Waals surface area contributed by atoms with Crippen LogP contribution in [0.5, 0.6) is 5.75 Å². The Morgan fingerprint density at radius 3 is 2.08 bits per heavy atom. The lowest BCUT2D eigenvalue weighted by Gasteiger charge is -2.32. The molecule has 8 nitrogen and oxygen atoms in total. The highest BCUT2D eigenvalue weighted by Gasteiger charge is 2.33. The molecule has 1 atom stereocenters. The van der Waals surface area contributed by atoms with E-state index in [4.69, 9.17) is 39.5 Å². The van der Waals surface area contributed by atoms with Crippen molar-refractivity contribution in [2.24, 2.45) is 0 Å². The van der Waals surface area contributed by atoms with Crippen molar-refractivity contribution in [2.45, 2.75) is 38.3 Å². The monoisotopic (exact) mass is 625 g/mol. The predicted octanol–water partition coefficient (Wildman–Crippen LogP) is 5.79. The lowest BCUT2D eigenvalue weighted by molar-refractivity contribution is -0.139. The van der Waals surface area contributed by atoms with Crippen molar-refractivity contribution in [1.82, 2.24) is 10.2 Å². The van der Waals surface area contributed by atoms with E-state index in [-0.39, 0.29) is 17.1 Å². The number of hydrogen-bond acceptors (Lipinski definition) is 5. The van der Waals surface area contributed by atoms with Crippen LogP contribution in [0.15, 0.2) is 71.6 Å². The highest BCUT2D eigenvalue weighted by atomic mass is 35.5. The molecule has 40 heavy (non-hydrogen) atoms. The van der Waals surface area contributed by atoms with E-state index >= 15 is 0 Å². The number of ether oxygens (including phenoxy) is 1. The third-order valence-electron chi connectivity index (χ3n) is 6.02. The first kappa shape index (κ1) is 31.5. The lowest BCUT2D eigenvalue weighted by atomic mass is 10.1. The molecule has 12 heteroatoms. The number of nitrogens with one attached hydrogen (secondary N) is 1. The summed E-state index contributed by atoms with van der Waals surface area (Å²) in [6.07, 6.45) is 0. The highest BCUT2D eigenvalue weighted by Crippen LogP contribution is 2.29. The molecule has 0 heterocycles. The number of halogens is 3. The average molecular weight is 627 g/mol. The molecule has 214 valence electrons. The second-order valence-electron chi connectivity index (χ2n) is 8.68. The number of amides is 2. The number of benzene rings is 3. The molecule has 3 rings (SSSR count). The first-order chi connectivity index (χ1) is 19.0. The van der Waals surface area contributed by atoms with Crippen LogP contribution >= 0.6 is 34.8 Å². The van der Waals surface area contributed by atoms with Crippen molar-refractivity contribution >= 4 is 62.3 Å². The third-order valence-corrected chi connectivity index (χ3v) is 8.77. The normalized spacial score (nSPS) is 11.9. The summed E-state index contributed by atoms with van der Waals surface area (Å²) in [5, 5.41) is 3.69. The van der Waals surface area contributed by atoms with E-state index in [9.17, 15) is 18.0 Å². The molecule has 0 saturated heterocycles. The Labute approximate surface area is 249 Å². The first-order valence-electron chi connectivity index (χ1n) is 12.5. The van der Waals surface area contributed by atoms with Gasteiger partial charge in [-0.15, -0.1) is 0 Å². The molecule has 2 amide bonds. The molecule has 1 unspecified atom stereocenters. The van der Waals surface area contributed by atoms with Crippen LogP contribution in [0.25, 0.3) is 0 Å². The van der Waals surface area contributed by atoms with Crippen molar-refractivity contribution < 1.29 is 22.7 Å². The smallest absolute Gasteiger partial charge is 0.264 e. The largest absolute Gasteiger partial charge is 0.494 e. The summed E-state index contributed by atoms with van der Waals surface area (Å²) >= 11 is 18.7. The van der Waals surface area contributed by atoms with E-state index in [0.717, 1.165) is 4.31 Å². The molecule has 0 radical (unpaired) electrons. The molecule has 3 aromatic rings. The Hall–Kier alpha value is -2.98. The molecule has 0 spiro atoms. The molecule has 0 aliphatic carbocycles. The van der Waals surface area contributed by atoms with E-state index < -0.39 is 34.4 Å². The van der Waals surface area contributed by atoms with E-state index in [1.807, 2.05) is 6.92 Å². The van der Waals surface area contributed by atoms with Crippen LogP contribution in [-0.4, -0.2) is 50.9 Å². The molecule has 0 aromatic heterocycles. The van der Waals surface area contributed by atoms with Gasteiger partial charge in [-0.2, -0.15) is 0 Å². The van der Waals surface area contributed by atoms with Crippen LogP contribution in [0.2, 0.25) is 15.1 Å².